The standard InChI is InChI=1S/C13H16N2O6/c1-4-8-20-12(18)13(21-10(3)16,11(17)19-5-2)15-7-6-14-9-15/h4,6-7,9H,1,5,8H2,2-3H3. The van der Waals surface area contributed by atoms with Crippen LogP contribution >= 0.6 is 0 Å². The normalized spacial score (nSPS) is 12.9. The number of carbonyl (C=O) groups excluding carboxylic acids is 3. The Balaban J connectivity index is 3.33. The molecule has 0 bridgehead atoms. The number of hydrogen-bond acceptors (Lipinski definition) is 7. The van der Waals surface area contributed by atoms with Gasteiger partial charge in [-0.25, -0.2) is 14.6 Å². The maximum absolute atomic E-state index is 12.3. The topological polar surface area (TPSA) is 96.7 Å². The van der Waals surface area contributed by atoms with Gasteiger partial charge in [0.15, 0.2) is 0 Å². The van der Waals surface area contributed by atoms with Gasteiger partial charge in [-0.1, -0.05) is 12.7 Å². The molecule has 1 unspecified atom stereocenters. The van der Waals surface area contributed by atoms with Gasteiger partial charge in [-0.2, -0.15) is 0 Å². The first-order chi connectivity index (χ1) is 9.98. The van der Waals surface area contributed by atoms with Crippen molar-refractivity contribution < 1.29 is 28.6 Å². The summed E-state index contributed by atoms with van der Waals surface area (Å²) in [5, 5.41) is 0. The van der Waals surface area contributed by atoms with E-state index < -0.39 is 23.6 Å². The summed E-state index contributed by atoms with van der Waals surface area (Å²) in [6, 6.07) is 0. The third kappa shape index (κ3) is 3.47. The van der Waals surface area contributed by atoms with E-state index >= 15 is 0 Å². The van der Waals surface area contributed by atoms with Crippen LogP contribution in [0, 0.1) is 0 Å². The van der Waals surface area contributed by atoms with Gasteiger partial charge in [-0.3, -0.25) is 9.36 Å². The minimum Gasteiger partial charge on any atom is -0.461 e. The molecule has 21 heavy (non-hydrogen) atoms. The Bertz CT molecular complexity index is 525. The van der Waals surface area contributed by atoms with Gasteiger partial charge < -0.3 is 14.2 Å². The Hall–Kier alpha value is -2.64. The highest BCUT2D eigenvalue weighted by atomic mass is 16.6. The number of hydrogen-bond donors (Lipinski definition) is 0. The minimum atomic E-state index is -2.40. The van der Waals surface area contributed by atoms with E-state index in [0.717, 1.165) is 17.8 Å². The molecule has 1 aromatic rings. The highest BCUT2D eigenvalue weighted by Crippen LogP contribution is 2.23. The van der Waals surface area contributed by atoms with Crippen LogP contribution in [0.25, 0.3) is 0 Å². The molecule has 1 heterocycles. The van der Waals surface area contributed by atoms with Crippen LogP contribution in [0.4, 0.5) is 0 Å². The molecule has 0 saturated carbocycles. The number of aromatic nitrogens is 2. The second-order valence-corrected chi connectivity index (χ2v) is 3.82. The second kappa shape index (κ2) is 7.22. The zero-order chi connectivity index (χ0) is 15.9. The monoisotopic (exact) mass is 296 g/mol. The molecule has 0 spiro atoms. The fourth-order valence-electron chi connectivity index (χ4n) is 1.54. The van der Waals surface area contributed by atoms with Crippen molar-refractivity contribution in [1.29, 1.82) is 0 Å². The van der Waals surface area contributed by atoms with Crippen molar-refractivity contribution in [2.75, 3.05) is 13.2 Å². The molecule has 8 heteroatoms. The van der Waals surface area contributed by atoms with Crippen molar-refractivity contribution in [3.05, 3.63) is 31.4 Å². The van der Waals surface area contributed by atoms with Gasteiger partial charge in [0.25, 0.3) is 0 Å². The first-order valence-electron chi connectivity index (χ1n) is 6.12. The average molecular weight is 296 g/mol. The quantitative estimate of drug-likeness (QED) is 0.311. The molecule has 0 saturated heterocycles. The molecule has 0 N–H and O–H groups in total. The van der Waals surface area contributed by atoms with E-state index in [1.165, 1.54) is 18.5 Å². The summed E-state index contributed by atoms with van der Waals surface area (Å²) in [7, 11) is 0. The summed E-state index contributed by atoms with van der Waals surface area (Å²) in [6.07, 6.45) is 5.07. The maximum atomic E-state index is 12.3. The molecule has 0 amide bonds. The lowest BCUT2D eigenvalue weighted by Gasteiger charge is -2.28. The van der Waals surface area contributed by atoms with Gasteiger partial charge in [-0.05, 0) is 6.92 Å². The van der Waals surface area contributed by atoms with Crippen LogP contribution in [0.3, 0.4) is 0 Å². The van der Waals surface area contributed by atoms with Crippen LogP contribution in [0.2, 0.25) is 0 Å². The molecule has 0 aliphatic carbocycles. The maximum Gasteiger partial charge on any atom is 0.387 e. The van der Waals surface area contributed by atoms with E-state index in [2.05, 4.69) is 11.6 Å². The summed E-state index contributed by atoms with van der Waals surface area (Å²) >= 11 is 0. The Kier molecular flexibility index (Phi) is 5.65. The van der Waals surface area contributed by atoms with E-state index in [0.29, 0.717) is 0 Å². The molecule has 8 nitrogen and oxygen atoms in total. The molecule has 1 aromatic heterocycles. The lowest BCUT2D eigenvalue weighted by molar-refractivity contribution is -0.208. The summed E-state index contributed by atoms with van der Waals surface area (Å²) in [5.74, 6) is -3.03. The number of esters is 3. The molecule has 0 aliphatic heterocycles. The van der Waals surface area contributed by atoms with Gasteiger partial charge in [0.2, 0.25) is 0 Å². The van der Waals surface area contributed by atoms with Gasteiger partial charge >= 0.3 is 23.6 Å². The Morgan fingerprint density at radius 2 is 2.00 bits per heavy atom. The van der Waals surface area contributed by atoms with Crippen LogP contribution < -0.4 is 0 Å². The molecule has 0 aliphatic rings. The van der Waals surface area contributed by atoms with E-state index in [1.54, 1.807) is 6.92 Å². The summed E-state index contributed by atoms with van der Waals surface area (Å²) in [6.45, 7) is 5.85. The molecule has 1 rings (SSSR count). The third-order valence-electron chi connectivity index (χ3n) is 2.32. The second-order valence-electron chi connectivity index (χ2n) is 3.82. The van der Waals surface area contributed by atoms with Gasteiger partial charge in [-0.15, -0.1) is 0 Å². The fourth-order valence-corrected chi connectivity index (χ4v) is 1.54. The predicted octanol–water partition coefficient (Wildman–Crippen LogP) is 0.391. The smallest absolute Gasteiger partial charge is 0.387 e. The number of rotatable bonds is 7. The van der Waals surface area contributed by atoms with Crippen LogP contribution in [0.15, 0.2) is 31.4 Å². The molecule has 1 atom stereocenters. The lowest BCUT2D eigenvalue weighted by Crippen LogP contribution is -2.53. The lowest BCUT2D eigenvalue weighted by atomic mass is 10.2. The van der Waals surface area contributed by atoms with E-state index in [-0.39, 0.29) is 13.2 Å². The number of nitrogens with zero attached hydrogens (tertiary/aromatic N) is 2. The predicted molar refractivity (Wildman–Crippen MR) is 69.8 cm³/mol. The van der Waals surface area contributed by atoms with Crippen molar-refractivity contribution in [3.8, 4) is 0 Å². The molecule has 0 fully saturated rings. The summed E-state index contributed by atoms with van der Waals surface area (Å²) < 4.78 is 15.7. The first kappa shape index (κ1) is 16.4. The third-order valence-corrected chi connectivity index (χ3v) is 2.32. The van der Waals surface area contributed by atoms with Crippen LogP contribution in [-0.4, -0.2) is 40.7 Å². The van der Waals surface area contributed by atoms with E-state index in [9.17, 15) is 14.4 Å². The minimum absolute atomic E-state index is 0.00865. The van der Waals surface area contributed by atoms with Crippen molar-refractivity contribution in [1.82, 2.24) is 9.55 Å². The molecular formula is C13H16N2O6. The molecule has 114 valence electrons. The molecule has 0 aromatic carbocycles. The summed E-state index contributed by atoms with van der Waals surface area (Å²) in [4.78, 5) is 39.6. The number of imidazole rings is 1. The van der Waals surface area contributed by atoms with Crippen molar-refractivity contribution in [2.24, 2.45) is 0 Å². The fraction of sp³-hybridized carbons (Fsp3) is 0.385. The van der Waals surface area contributed by atoms with Gasteiger partial charge in [0.05, 0.1) is 12.9 Å². The van der Waals surface area contributed by atoms with Crippen LogP contribution in [-0.2, 0) is 34.3 Å². The van der Waals surface area contributed by atoms with Gasteiger partial charge in [0.1, 0.15) is 6.61 Å². The Morgan fingerprint density at radius 3 is 2.48 bits per heavy atom. The van der Waals surface area contributed by atoms with Crippen LogP contribution in [0.5, 0.6) is 0 Å². The molecular weight excluding hydrogens is 280 g/mol. The Morgan fingerprint density at radius 1 is 1.33 bits per heavy atom. The van der Waals surface area contributed by atoms with Crippen molar-refractivity contribution in [3.63, 3.8) is 0 Å². The van der Waals surface area contributed by atoms with Crippen molar-refractivity contribution >= 4 is 17.9 Å². The highest BCUT2D eigenvalue weighted by Gasteiger charge is 2.55. The number of carbonyl (C=O) groups is 3. The molecule has 0 radical (unpaired) electrons. The highest BCUT2D eigenvalue weighted by molar-refractivity contribution is 6.02. The largest absolute Gasteiger partial charge is 0.461 e. The first-order valence-corrected chi connectivity index (χ1v) is 6.12. The number of ether oxygens (including phenoxy) is 3. The zero-order valence-electron chi connectivity index (χ0n) is 11.8. The van der Waals surface area contributed by atoms with Crippen LogP contribution in [0.1, 0.15) is 13.8 Å². The van der Waals surface area contributed by atoms with Gasteiger partial charge in [0, 0.05) is 19.3 Å². The Labute approximate surface area is 121 Å². The van der Waals surface area contributed by atoms with E-state index in [4.69, 9.17) is 14.2 Å². The average Bonchev–Trinajstić information content (AvgIpc) is 2.96. The zero-order valence-corrected chi connectivity index (χ0v) is 11.8. The van der Waals surface area contributed by atoms with E-state index in [1.807, 2.05) is 0 Å². The SMILES string of the molecule is C=CCOC(=O)C(OC(C)=O)(C(=O)OCC)n1ccnc1. The summed E-state index contributed by atoms with van der Waals surface area (Å²) in [5.41, 5.74) is -2.40. The van der Waals surface area contributed by atoms with Crippen molar-refractivity contribution in [2.45, 2.75) is 19.6 Å².